The van der Waals surface area contributed by atoms with E-state index in [2.05, 4.69) is 10.3 Å². The van der Waals surface area contributed by atoms with Crippen LogP contribution in [-0.4, -0.2) is 60.7 Å². The van der Waals surface area contributed by atoms with Crippen molar-refractivity contribution < 1.29 is 19.1 Å². The summed E-state index contributed by atoms with van der Waals surface area (Å²) in [5.41, 5.74) is 0.412. The van der Waals surface area contributed by atoms with Gasteiger partial charge in [-0.2, -0.15) is 0 Å². The van der Waals surface area contributed by atoms with Crippen LogP contribution in [0.15, 0.2) is 18.3 Å². The molecule has 1 N–H and O–H groups in total. The van der Waals surface area contributed by atoms with Gasteiger partial charge in [0.05, 0.1) is 25.4 Å². The van der Waals surface area contributed by atoms with Crippen molar-refractivity contribution in [2.75, 3.05) is 32.9 Å². The average molecular weight is 333 g/mol. The summed E-state index contributed by atoms with van der Waals surface area (Å²) < 4.78 is 10.8. The molecule has 1 atom stereocenters. The highest BCUT2D eigenvalue weighted by Crippen LogP contribution is 2.29. The van der Waals surface area contributed by atoms with Gasteiger partial charge in [-0.1, -0.05) is 0 Å². The second-order valence-corrected chi connectivity index (χ2v) is 6.27. The first-order valence-electron chi connectivity index (χ1n) is 8.40. The Morgan fingerprint density at radius 2 is 2.12 bits per heavy atom. The van der Waals surface area contributed by atoms with Crippen molar-refractivity contribution in [1.82, 2.24) is 15.2 Å². The second-order valence-electron chi connectivity index (χ2n) is 6.27. The van der Waals surface area contributed by atoms with Gasteiger partial charge in [0, 0.05) is 25.4 Å². The summed E-state index contributed by atoms with van der Waals surface area (Å²) in [6, 6.07) is 2.77. The zero-order valence-electron chi connectivity index (χ0n) is 13.9. The summed E-state index contributed by atoms with van der Waals surface area (Å²) in [7, 11) is 0. The molecule has 0 spiro atoms. The number of carbonyl (C=O) groups is 2. The largest absolute Gasteiger partial charge is 0.477 e. The average Bonchev–Trinajstić information content (AvgIpc) is 3.45. The smallest absolute Gasteiger partial charge is 0.253 e. The lowest BCUT2D eigenvalue weighted by atomic mass is 10.2. The van der Waals surface area contributed by atoms with Gasteiger partial charge in [0.2, 0.25) is 11.8 Å². The van der Waals surface area contributed by atoms with Crippen molar-refractivity contribution in [3.05, 3.63) is 23.9 Å². The minimum absolute atomic E-state index is 0.0935. The van der Waals surface area contributed by atoms with E-state index in [0.717, 1.165) is 0 Å². The molecule has 1 aromatic rings. The van der Waals surface area contributed by atoms with E-state index in [0.29, 0.717) is 50.3 Å². The first-order valence-corrected chi connectivity index (χ1v) is 8.40. The molecule has 2 aliphatic rings. The van der Waals surface area contributed by atoms with Gasteiger partial charge < -0.3 is 19.7 Å². The number of carbonyl (C=O) groups excluding carboxylic acids is 2. The molecule has 0 radical (unpaired) electrons. The van der Waals surface area contributed by atoms with Gasteiger partial charge in [0.15, 0.2) is 0 Å². The van der Waals surface area contributed by atoms with Gasteiger partial charge in [0.25, 0.3) is 5.91 Å². The molecule has 2 heterocycles. The summed E-state index contributed by atoms with van der Waals surface area (Å²) in [5, 5.41) is 2.72. The highest BCUT2D eigenvalue weighted by molar-refractivity contribution is 5.97. The van der Waals surface area contributed by atoms with Gasteiger partial charge in [-0.3, -0.25) is 9.59 Å². The van der Waals surface area contributed by atoms with Crippen LogP contribution in [0.3, 0.4) is 0 Å². The van der Waals surface area contributed by atoms with Crippen LogP contribution in [0.2, 0.25) is 0 Å². The lowest BCUT2D eigenvalue weighted by Gasteiger charge is -2.29. The number of hydrogen-bond acceptors (Lipinski definition) is 5. The van der Waals surface area contributed by atoms with Gasteiger partial charge in [-0.15, -0.1) is 0 Å². The zero-order chi connectivity index (χ0) is 16.9. The zero-order valence-corrected chi connectivity index (χ0v) is 13.9. The fraction of sp³-hybridized carbons (Fsp3) is 0.588. The van der Waals surface area contributed by atoms with Crippen LogP contribution in [0.4, 0.5) is 0 Å². The van der Waals surface area contributed by atoms with Crippen LogP contribution in [-0.2, 0) is 9.53 Å². The molecule has 1 aliphatic heterocycles. The Morgan fingerprint density at radius 1 is 1.38 bits per heavy atom. The molecular weight excluding hydrogens is 310 g/mol. The number of amides is 2. The Hall–Kier alpha value is -2.15. The normalized spacial score (nSPS) is 18.8. The summed E-state index contributed by atoms with van der Waals surface area (Å²) in [6.07, 6.45) is 3.91. The van der Waals surface area contributed by atoms with Gasteiger partial charge in [0.1, 0.15) is 6.04 Å². The van der Waals surface area contributed by atoms with Crippen LogP contribution in [0, 0.1) is 5.92 Å². The maximum atomic E-state index is 12.3. The molecule has 7 heteroatoms. The highest BCUT2D eigenvalue weighted by Gasteiger charge is 2.24. The van der Waals surface area contributed by atoms with E-state index in [1.807, 2.05) is 0 Å². The predicted molar refractivity (Wildman–Crippen MR) is 86.8 cm³/mol. The van der Waals surface area contributed by atoms with Crippen LogP contribution in [0.5, 0.6) is 5.88 Å². The predicted octanol–water partition coefficient (Wildman–Crippen LogP) is 0.848. The number of nitrogens with one attached hydrogen (secondary N) is 1. The summed E-state index contributed by atoms with van der Waals surface area (Å²) in [5.74, 6) is 0.770. The molecule has 7 nitrogen and oxygen atoms in total. The number of morpholine rings is 1. The maximum Gasteiger partial charge on any atom is 0.253 e. The number of ether oxygens (including phenoxy) is 2. The summed E-state index contributed by atoms with van der Waals surface area (Å²) >= 11 is 0. The van der Waals surface area contributed by atoms with Crippen LogP contribution in [0.25, 0.3) is 0 Å². The minimum Gasteiger partial charge on any atom is -0.477 e. The van der Waals surface area contributed by atoms with Crippen molar-refractivity contribution in [3.63, 3.8) is 0 Å². The second kappa shape index (κ2) is 7.61. The van der Waals surface area contributed by atoms with Crippen molar-refractivity contribution in [3.8, 4) is 5.88 Å². The third-order valence-electron chi connectivity index (χ3n) is 4.20. The summed E-state index contributed by atoms with van der Waals surface area (Å²) in [4.78, 5) is 30.4. The molecule has 0 bridgehead atoms. The fourth-order valence-electron chi connectivity index (χ4n) is 2.49. The lowest BCUT2D eigenvalue weighted by Crippen LogP contribution is -2.50. The molecule has 130 valence electrons. The minimum atomic E-state index is -0.582. The van der Waals surface area contributed by atoms with Crippen molar-refractivity contribution in [1.29, 1.82) is 0 Å². The van der Waals surface area contributed by atoms with Crippen LogP contribution < -0.4 is 10.1 Å². The van der Waals surface area contributed by atoms with E-state index in [1.165, 1.54) is 19.0 Å². The molecule has 1 unspecified atom stereocenters. The number of pyridine rings is 1. The molecule has 2 fully saturated rings. The topological polar surface area (TPSA) is 80.8 Å². The Morgan fingerprint density at radius 3 is 2.75 bits per heavy atom. The molecule has 0 aromatic carbocycles. The Labute approximate surface area is 141 Å². The van der Waals surface area contributed by atoms with E-state index in [9.17, 15) is 9.59 Å². The van der Waals surface area contributed by atoms with E-state index in [1.54, 1.807) is 24.0 Å². The van der Waals surface area contributed by atoms with Crippen molar-refractivity contribution in [2.45, 2.75) is 25.8 Å². The lowest BCUT2D eigenvalue weighted by molar-refractivity contribution is -0.136. The molecule has 24 heavy (non-hydrogen) atoms. The Bertz CT molecular complexity index is 580. The van der Waals surface area contributed by atoms with E-state index < -0.39 is 6.04 Å². The van der Waals surface area contributed by atoms with Gasteiger partial charge in [-0.05, 0) is 31.7 Å². The van der Waals surface area contributed by atoms with Crippen LogP contribution >= 0.6 is 0 Å². The highest BCUT2D eigenvalue weighted by atomic mass is 16.5. The van der Waals surface area contributed by atoms with Crippen LogP contribution in [0.1, 0.15) is 30.1 Å². The maximum absolute atomic E-state index is 12.3. The Kier molecular flexibility index (Phi) is 5.30. The fourth-order valence-corrected chi connectivity index (χ4v) is 2.49. The molecule has 1 saturated carbocycles. The SMILES string of the molecule is CC(NC(=O)c1ccc(OCC2CC2)nc1)C(=O)N1CCOCC1. The molecular formula is C17H23N3O4. The van der Waals surface area contributed by atoms with Gasteiger partial charge >= 0.3 is 0 Å². The molecule has 1 aromatic heterocycles. The van der Waals surface area contributed by atoms with Crippen molar-refractivity contribution in [2.24, 2.45) is 5.92 Å². The standard InChI is InChI=1S/C17H23N3O4/c1-12(17(22)20-6-8-23-9-7-20)19-16(21)14-4-5-15(18-10-14)24-11-13-2-3-13/h4-5,10,12-13H,2-3,6-9,11H2,1H3,(H,19,21). The van der Waals surface area contributed by atoms with E-state index in [-0.39, 0.29) is 11.8 Å². The van der Waals surface area contributed by atoms with E-state index >= 15 is 0 Å². The molecule has 1 saturated heterocycles. The molecule has 2 amide bonds. The number of rotatable bonds is 6. The van der Waals surface area contributed by atoms with Gasteiger partial charge in [-0.25, -0.2) is 4.98 Å². The van der Waals surface area contributed by atoms with Crippen molar-refractivity contribution >= 4 is 11.8 Å². The third-order valence-corrected chi connectivity index (χ3v) is 4.20. The summed E-state index contributed by atoms with van der Waals surface area (Å²) in [6.45, 7) is 4.58. The number of aromatic nitrogens is 1. The Balaban J connectivity index is 1.50. The first kappa shape index (κ1) is 16.7. The number of nitrogens with zero attached hydrogens (tertiary/aromatic N) is 2. The monoisotopic (exact) mass is 333 g/mol. The molecule has 3 rings (SSSR count). The third kappa shape index (κ3) is 4.44. The number of hydrogen-bond donors (Lipinski definition) is 1. The first-order chi connectivity index (χ1) is 11.6. The quantitative estimate of drug-likeness (QED) is 0.835. The molecule has 1 aliphatic carbocycles. The van der Waals surface area contributed by atoms with E-state index in [4.69, 9.17) is 9.47 Å².